The molecule has 90 valence electrons. The number of hydrogen-bond donors (Lipinski definition) is 1. The van der Waals surface area contributed by atoms with Crippen LogP contribution in [0.1, 0.15) is 16.9 Å². The molecule has 0 aliphatic carbocycles. The number of nitrogens with zero attached hydrogens (tertiary/aromatic N) is 2. The number of halogens is 1. The van der Waals surface area contributed by atoms with Gasteiger partial charge in [-0.15, -0.1) is 0 Å². The number of rotatable bonds is 6. The summed E-state index contributed by atoms with van der Waals surface area (Å²) >= 11 is 3.35. The highest BCUT2D eigenvalue weighted by Gasteiger charge is 2.15. The number of carbonyl (C=O) groups excluding carboxylic acids is 1. The second-order valence-corrected chi connectivity index (χ2v) is 4.29. The van der Waals surface area contributed by atoms with Gasteiger partial charge in [-0.1, -0.05) is 15.9 Å². The first kappa shape index (κ1) is 13.2. The molecule has 1 unspecified atom stereocenters. The fourth-order valence-electron chi connectivity index (χ4n) is 1.37. The lowest BCUT2D eigenvalue weighted by molar-refractivity contribution is 0.0887. The Morgan fingerprint density at radius 3 is 3.00 bits per heavy atom. The SMILES string of the molecule is COCC(CCBr)NC(=O)c1cncn1C. The average molecular weight is 290 g/mol. The molecule has 0 spiro atoms. The minimum absolute atomic E-state index is 0.0202. The van der Waals surface area contributed by atoms with Crippen molar-refractivity contribution in [1.82, 2.24) is 14.9 Å². The van der Waals surface area contributed by atoms with Gasteiger partial charge in [0.15, 0.2) is 0 Å². The fraction of sp³-hybridized carbons (Fsp3) is 0.600. The van der Waals surface area contributed by atoms with Crippen LogP contribution in [0.15, 0.2) is 12.5 Å². The summed E-state index contributed by atoms with van der Waals surface area (Å²) in [5.74, 6) is -0.122. The third-order valence-electron chi connectivity index (χ3n) is 2.21. The van der Waals surface area contributed by atoms with Crippen molar-refractivity contribution in [3.63, 3.8) is 0 Å². The molecule has 0 aliphatic rings. The van der Waals surface area contributed by atoms with E-state index in [1.165, 1.54) is 0 Å². The molecule has 16 heavy (non-hydrogen) atoms. The van der Waals surface area contributed by atoms with E-state index < -0.39 is 0 Å². The number of carbonyl (C=O) groups is 1. The van der Waals surface area contributed by atoms with Crippen molar-refractivity contribution in [3.05, 3.63) is 18.2 Å². The molecule has 0 saturated carbocycles. The number of alkyl halides is 1. The highest BCUT2D eigenvalue weighted by atomic mass is 79.9. The number of ether oxygens (including phenoxy) is 1. The minimum Gasteiger partial charge on any atom is -0.383 e. The molecule has 0 aromatic carbocycles. The minimum atomic E-state index is -0.122. The number of nitrogens with one attached hydrogen (secondary N) is 1. The largest absolute Gasteiger partial charge is 0.383 e. The van der Waals surface area contributed by atoms with Crippen LogP contribution < -0.4 is 5.32 Å². The van der Waals surface area contributed by atoms with Crippen molar-refractivity contribution in [2.75, 3.05) is 19.0 Å². The van der Waals surface area contributed by atoms with Gasteiger partial charge in [-0.3, -0.25) is 4.79 Å². The van der Waals surface area contributed by atoms with Crippen LogP contribution in [0.25, 0.3) is 0 Å². The van der Waals surface area contributed by atoms with Gasteiger partial charge < -0.3 is 14.6 Å². The summed E-state index contributed by atoms with van der Waals surface area (Å²) in [6.07, 6.45) is 3.98. The summed E-state index contributed by atoms with van der Waals surface area (Å²) in [6, 6.07) is 0.0202. The molecular weight excluding hydrogens is 274 g/mol. The van der Waals surface area contributed by atoms with E-state index >= 15 is 0 Å². The molecule has 1 aromatic rings. The molecule has 6 heteroatoms. The molecule has 0 bridgehead atoms. The quantitative estimate of drug-likeness (QED) is 0.794. The van der Waals surface area contributed by atoms with Gasteiger partial charge in [-0.25, -0.2) is 4.98 Å². The Bertz CT molecular complexity index is 335. The Hall–Kier alpha value is -0.880. The van der Waals surface area contributed by atoms with E-state index in [1.807, 2.05) is 0 Å². The lowest BCUT2D eigenvalue weighted by Crippen LogP contribution is -2.39. The maximum Gasteiger partial charge on any atom is 0.269 e. The Balaban J connectivity index is 2.58. The fourth-order valence-corrected chi connectivity index (χ4v) is 1.92. The molecule has 1 N–H and O–H groups in total. The van der Waals surface area contributed by atoms with E-state index in [-0.39, 0.29) is 11.9 Å². The van der Waals surface area contributed by atoms with Gasteiger partial charge in [-0.05, 0) is 6.42 Å². The van der Waals surface area contributed by atoms with Crippen molar-refractivity contribution in [1.29, 1.82) is 0 Å². The van der Waals surface area contributed by atoms with E-state index in [4.69, 9.17) is 4.74 Å². The van der Waals surface area contributed by atoms with Gasteiger partial charge in [0.2, 0.25) is 0 Å². The molecular formula is C10H16BrN3O2. The van der Waals surface area contributed by atoms with Crippen LogP contribution >= 0.6 is 15.9 Å². The number of aromatic nitrogens is 2. The Morgan fingerprint density at radius 1 is 1.75 bits per heavy atom. The monoisotopic (exact) mass is 289 g/mol. The van der Waals surface area contributed by atoms with Crippen molar-refractivity contribution >= 4 is 21.8 Å². The molecule has 0 fully saturated rings. The standard InChI is InChI=1S/C10H16BrN3O2/c1-14-7-12-5-9(14)10(15)13-8(3-4-11)6-16-2/h5,7-8H,3-4,6H2,1-2H3,(H,13,15). The van der Waals surface area contributed by atoms with Crippen LogP contribution in [0.5, 0.6) is 0 Å². The molecule has 1 atom stereocenters. The number of hydrogen-bond acceptors (Lipinski definition) is 3. The van der Waals surface area contributed by atoms with Gasteiger partial charge in [0, 0.05) is 19.5 Å². The first-order chi connectivity index (χ1) is 7.69. The summed E-state index contributed by atoms with van der Waals surface area (Å²) in [6.45, 7) is 0.509. The molecule has 5 nitrogen and oxygen atoms in total. The Morgan fingerprint density at radius 2 is 2.50 bits per heavy atom. The van der Waals surface area contributed by atoms with Crippen molar-refractivity contribution in [3.8, 4) is 0 Å². The van der Waals surface area contributed by atoms with E-state index in [9.17, 15) is 4.79 Å². The number of amides is 1. The second kappa shape index (κ2) is 6.65. The highest BCUT2D eigenvalue weighted by molar-refractivity contribution is 9.09. The molecule has 1 rings (SSSR count). The topological polar surface area (TPSA) is 56.1 Å². The first-order valence-corrected chi connectivity index (χ1v) is 6.13. The van der Waals surface area contributed by atoms with E-state index in [0.717, 1.165) is 11.8 Å². The smallest absolute Gasteiger partial charge is 0.269 e. The Labute approximate surface area is 103 Å². The maximum absolute atomic E-state index is 11.8. The Kier molecular flexibility index (Phi) is 5.48. The van der Waals surface area contributed by atoms with Crippen molar-refractivity contribution in [2.45, 2.75) is 12.5 Å². The van der Waals surface area contributed by atoms with Crippen LogP contribution in [0.2, 0.25) is 0 Å². The average Bonchev–Trinajstić information content (AvgIpc) is 2.65. The molecule has 0 aliphatic heterocycles. The van der Waals surface area contributed by atoms with Gasteiger partial charge in [0.25, 0.3) is 5.91 Å². The summed E-state index contributed by atoms with van der Waals surface area (Å²) in [5.41, 5.74) is 0.552. The van der Waals surface area contributed by atoms with Gasteiger partial charge in [0.1, 0.15) is 5.69 Å². The predicted molar refractivity (Wildman–Crippen MR) is 64.7 cm³/mol. The number of imidazole rings is 1. The maximum atomic E-state index is 11.8. The molecule has 0 radical (unpaired) electrons. The van der Waals surface area contributed by atoms with Gasteiger partial charge in [-0.2, -0.15) is 0 Å². The second-order valence-electron chi connectivity index (χ2n) is 3.49. The zero-order valence-electron chi connectivity index (χ0n) is 9.44. The zero-order valence-corrected chi connectivity index (χ0v) is 11.0. The van der Waals surface area contributed by atoms with Crippen LogP contribution in [-0.4, -0.2) is 40.5 Å². The number of aryl methyl sites for hydroxylation is 1. The molecule has 1 amide bonds. The third kappa shape index (κ3) is 3.61. The summed E-state index contributed by atoms with van der Waals surface area (Å²) < 4.78 is 6.73. The predicted octanol–water partition coefficient (Wildman–Crippen LogP) is 0.950. The summed E-state index contributed by atoms with van der Waals surface area (Å²) in [5, 5.41) is 3.73. The molecule has 1 aromatic heterocycles. The van der Waals surface area contributed by atoms with Crippen molar-refractivity contribution < 1.29 is 9.53 Å². The van der Waals surface area contributed by atoms with E-state index in [2.05, 4.69) is 26.2 Å². The highest BCUT2D eigenvalue weighted by Crippen LogP contribution is 2.01. The van der Waals surface area contributed by atoms with Crippen LogP contribution in [0.4, 0.5) is 0 Å². The van der Waals surface area contributed by atoms with Gasteiger partial charge in [0.05, 0.1) is 25.2 Å². The lowest BCUT2D eigenvalue weighted by atomic mass is 10.2. The summed E-state index contributed by atoms with van der Waals surface area (Å²) in [7, 11) is 3.41. The third-order valence-corrected chi connectivity index (χ3v) is 2.67. The first-order valence-electron chi connectivity index (χ1n) is 5.01. The van der Waals surface area contributed by atoms with Crippen LogP contribution in [0, 0.1) is 0 Å². The lowest BCUT2D eigenvalue weighted by Gasteiger charge is -2.16. The normalized spacial score (nSPS) is 12.4. The zero-order chi connectivity index (χ0) is 12.0. The molecule has 1 heterocycles. The van der Waals surface area contributed by atoms with Crippen LogP contribution in [0.3, 0.4) is 0 Å². The van der Waals surface area contributed by atoms with E-state index in [0.29, 0.717) is 12.3 Å². The summed E-state index contributed by atoms with van der Waals surface area (Å²) in [4.78, 5) is 15.7. The van der Waals surface area contributed by atoms with Gasteiger partial charge >= 0.3 is 0 Å². The van der Waals surface area contributed by atoms with Crippen LogP contribution in [-0.2, 0) is 11.8 Å². The van der Waals surface area contributed by atoms with E-state index in [1.54, 1.807) is 31.2 Å². The number of methoxy groups -OCH3 is 1. The van der Waals surface area contributed by atoms with Crippen molar-refractivity contribution in [2.24, 2.45) is 7.05 Å². The molecule has 0 saturated heterocycles.